The van der Waals surface area contributed by atoms with Crippen LogP contribution >= 0.6 is 11.6 Å². The van der Waals surface area contributed by atoms with Crippen LogP contribution in [0.5, 0.6) is 0 Å². The summed E-state index contributed by atoms with van der Waals surface area (Å²) in [4.78, 5) is 6.92. The predicted octanol–water partition coefficient (Wildman–Crippen LogP) is 7.39. The molecule has 4 rings (SSSR count). The molecule has 0 fully saturated rings. The van der Waals surface area contributed by atoms with Crippen molar-refractivity contribution in [1.82, 2.24) is 0 Å². The smallest absolute Gasteiger partial charge is 0.0630 e. The van der Waals surface area contributed by atoms with Gasteiger partial charge in [0, 0.05) is 30.1 Å². The Balaban J connectivity index is 1.62. The lowest BCUT2D eigenvalue weighted by Gasteiger charge is -2.40. The zero-order valence-electron chi connectivity index (χ0n) is 17.3. The van der Waals surface area contributed by atoms with Gasteiger partial charge in [0.15, 0.2) is 0 Å². The number of hydrogen-bond donors (Lipinski definition) is 0. The van der Waals surface area contributed by atoms with Crippen molar-refractivity contribution >= 4 is 34.8 Å². The number of anilines is 1. The lowest BCUT2D eigenvalue weighted by molar-refractivity contribution is 0.598. The molecule has 0 amide bonds. The van der Waals surface area contributed by atoms with Gasteiger partial charge in [0.25, 0.3) is 0 Å². The molecule has 0 aromatic heterocycles. The largest absolute Gasteiger partial charge is 0.365 e. The van der Waals surface area contributed by atoms with Gasteiger partial charge >= 0.3 is 0 Å². The van der Waals surface area contributed by atoms with Gasteiger partial charge in [0.2, 0.25) is 0 Å². The van der Waals surface area contributed by atoms with Crippen LogP contribution in [0.15, 0.2) is 77.8 Å². The third kappa shape index (κ3) is 3.86. The normalized spacial score (nSPS) is 15.3. The summed E-state index contributed by atoms with van der Waals surface area (Å²) in [5.41, 5.74) is 7.82. The highest BCUT2D eigenvalue weighted by Crippen LogP contribution is 2.40. The van der Waals surface area contributed by atoms with Crippen LogP contribution < -0.4 is 4.90 Å². The van der Waals surface area contributed by atoms with Gasteiger partial charge in [-0.2, -0.15) is 0 Å². The minimum atomic E-state index is -0.0312. The Kier molecular flexibility index (Phi) is 5.06. The molecule has 0 N–H and O–H groups in total. The molecule has 0 atom stereocenters. The Morgan fingerprint density at radius 2 is 1.59 bits per heavy atom. The van der Waals surface area contributed by atoms with Crippen molar-refractivity contribution in [2.24, 2.45) is 4.99 Å². The first kappa shape index (κ1) is 19.5. The second-order valence-corrected chi connectivity index (χ2v) is 8.51. The van der Waals surface area contributed by atoms with Crippen molar-refractivity contribution < 1.29 is 0 Å². The standard InChI is InChI=1S/C26H25ClN2/c1-18-16-26(2,3)29(4)25-15-24(27)21(14-23(18)25)17-28-22-12-10-20(11-13-22)19-8-6-5-7-9-19/h5-17H,1-4H3. The van der Waals surface area contributed by atoms with Gasteiger partial charge in [-0.05, 0) is 61.7 Å². The van der Waals surface area contributed by atoms with E-state index in [-0.39, 0.29) is 5.54 Å². The lowest BCUT2D eigenvalue weighted by atomic mass is 9.88. The second kappa shape index (κ2) is 7.53. The van der Waals surface area contributed by atoms with Crippen molar-refractivity contribution in [3.8, 4) is 11.1 Å². The monoisotopic (exact) mass is 400 g/mol. The van der Waals surface area contributed by atoms with E-state index < -0.39 is 0 Å². The summed E-state index contributed by atoms with van der Waals surface area (Å²) in [7, 11) is 2.11. The lowest BCUT2D eigenvalue weighted by Crippen LogP contribution is -2.42. The Morgan fingerprint density at radius 3 is 2.28 bits per heavy atom. The quantitative estimate of drug-likeness (QED) is 0.418. The maximum absolute atomic E-state index is 6.60. The summed E-state index contributed by atoms with van der Waals surface area (Å²) >= 11 is 6.60. The number of fused-ring (bicyclic) bond motifs is 1. The molecule has 1 aliphatic heterocycles. The van der Waals surface area contributed by atoms with Crippen LogP contribution in [0.2, 0.25) is 5.02 Å². The molecule has 1 aliphatic rings. The number of likely N-dealkylation sites (N-methyl/N-ethyl adjacent to an activating group) is 1. The van der Waals surface area contributed by atoms with E-state index in [1.165, 1.54) is 22.3 Å². The van der Waals surface area contributed by atoms with Gasteiger partial charge in [0.05, 0.1) is 16.2 Å². The number of hydrogen-bond acceptors (Lipinski definition) is 2. The SMILES string of the molecule is CC1=CC(C)(C)N(C)c2cc(Cl)c(C=Nc3ccc(-c4ccccc4)cc3)cc21. The molecule has 3 heteroatoms. The highest BCUT2D eigenvalue weighted by atomic mass is 35.5. The van der Waals surface area contributed by atoms with Gasteiger partial charge in [-0.1, -0.05) is 60.1 Å². The number of rotatable bonds is 3. The topological polar surface area (TPSA) is 15.6 Å². The Morgan fingerprint density at radius 1 is 0.931 bits per heavy atom. The van der Waals surface area contributed by atoms with Crippen LogP contribution in [0.3, 0.4) is 0 Å². The zero-order chi connectivity index (χ0) is 20.6. The van der Waals surface area contributed by atoms with Gasteiger partial charge in [-0.25, -0.2) is 0 Å². The number of halogens is 1. The molecule has 0 spiro atoms. The van der Waals surface area contributed by atoms with Crippen molar-refractivity contribution in [1.29, 1.82) is 0 Å². The Bertz CT molecular complexity index is 1090. The average Bonchev–Trinajstić information content (AvgIpc) is 2.72. The average molecular weight is 401 g/mol. The molecule has 3 aromatic carbocycles. The summed E-state index contributed by atoms with van der Waals surface area (Å²) in [6.45, 7) is 6.58. The maximum Gasteiger partial charge on any atom is 0.0630 e. The fraction of sp³-hybridized carbons (Fsp3) is 0.192. The van der Waals surface area contributed by atoms with Gasteiger partial charge < -0.3 is 4.90 Å². The summed E-state index contributed by atoms with van der Waals surface area (Å²) in [5, 5.41) is 0.714. The van der Waals surface area contributed by atoms with Gasteiger partial charge in [-0.3, -0.25) is 4.99 Å². The highest BCUT2D eigenvalue weighted by molar-refractivity contribution is 6.33. The molecular formula is C26H25ClN2. The third-order valence-electron chi connectivity index (χ3n) is 5.66. The Labute approximate surface area is 178 Å². The van der Waals surface area contributed by atoms with E-state index in [1.54, 1.807) is 0 Å². The summed E-state index contributed by atoms with van der Waals surface area (Å²) < 4.78 is 0. The van der Waals surface area contributed by atoms with E-state index in [1.807, 2.05) is 24.4 Å². The summed E-state index contributed by atoms with van der Waals surface area (Å²) in [6, 6.07) is 22.8. The van der Waals surface area contributed by atoms with E-state index in [4.69, 9.17) is 11.6 Å². The maximum atomic E-state index is 6.60. The van der Waals surface area contributed by atoms with Crippen molar-refractivity contribution in [2.75, 3.05) is 11.9 Å². The van der Waals surface area contributed by atoms with Crippen LogP contribution in [0, 0.1) is 0 Å². The first-order valence-electron chi connectivity index (χ1n) is 9.82. The third-order valence-corrected chi connectivity index (χ3v) is 5.99. The van der Waals surface area contributed by atoms with E-state index in [9.17, 15) is 0 Å². The number of aliphatic imine (C=N–C) groups is 1. The molecule has 146 valence electrons. The highest BCUT2D eigenvalue weighted by Gasteiger charge is 2.29. The first-order valence-corrected chi connectivity index (χ1v) is 10.2. The number of benzene rings is 3. The molecular weight excluding hydrogens is 376 g/mol. The van der Waals surface area contributed by atoms with Crippen LogP contribution in [-0.4, -0.2) is 18.8 Å². The zero-order valence-corrected chi connectivity index (χ0v) is 18.0. The van der Waals surface area contributed by atoms with Gasteiger partial charge in [0.1, 0.15) is 0 Å². The number of allylic oxidation sites excluding steroid dienone is 1. The predicted molar refractivity (Wildman–Crippen MR) is 127 cm³/mol. The molecule has 0 saturated heterocycles. The Hall–Kier alpha value is -2.84. The molecule has 2 nitrogen and oxygen atoms in total. The molecule has 0 aliphatic carbocycles. The van der Waals surface area contributed by atoms with Crippen LogP contribution in [0.4, 0.5) is 11.4 Å². The fourth-order valence-electron chi connectivity index (χ4n) is 3.80. The van der Waals surface area contributed by atoms with Crippen molar-refractivity contribution in [3.63, 3.8) is 0 Å². The fourth-order valence-corrected chi connectivity index (χ4v) is 4.01. The second-order valence-electron chi connectivity index (χ2n) is 8.10. The molecule has 1 heterocycles. The molecule has 0 radical (unpaired) electrons. The first-order chi connectivity index (χ1) is 13.8. The van der Waals surface area contributed by atoms with E-state index in [0.29, 0.717) is 5.02 Å². The van der Waals surface area contributed by atoms with Crippen LogP contribution in [-0.2, 0) is 0 Å². The summed E-state index contributed by atoms with van der Waals surface area (Å²) in [5.74, 6) is 0. The van der Waals surface area contributed by atoms with Crippen molar-refractivity contribution in [3.05, 3.63) is 89.0 Å². The molecule has 29 heavy (non-hydrogen) atoms. The molecule has 0 saturated carbocycles. The molecule has 0 unspecified atom stereocenters. The van der Waals surface area contributed by atoms with Crippen molar-refractivity contribution in [2.45, 2.75) is 26.3 Å². The van der Waals surface area contributed by atoms with Crippen LogP contribution in [0.25, 0.3) is 16.7 Å². The van der Waals surface area contributed by atoms with E-state index in [0.717, 1.165) is 16.9 Å². The van der Waals surface area contributed by atoms with Crippen LogP contribution in [0.1, 0.15) is 31.9 Å². The van der Waals surface area contributed by atoms with E-state index in [2.05, 4.69) is 92.3 Å². The minimum Gasteiger partial charge on any atom is -0.365 e. The minimum absolute atomic E-state index is 0.0312. The molecule has 3 aromatic rings. The number of nitrogens with zero attached hydrogens (tertiary/aromatic N) is 2. The van der Waals surface area contributed by atoms with E-state index >= 15 is 0 Å². The summed E-state index contributed by atoms with van der Waals surface area (Å²) in [6.07, 6.45) is 4.15. The molecule has 0 bridgehead atoms. The van der Waals surface area contributed by atoms with Gasteiger partial charge in [-0.15, -0.1) is 0 Å².